The molecule has 0 heteroatoms. The first-order chi connectivity index (χ1) is 15.8. The molecular weight excluding hydrogens is 396 g/mol. The van der Waals surface area contributed by atoms with Crippen LogP contribution in [0.25, 0.3) is 0 Å². The Morgan fingerprint density at radius 2 is 1.48 bits per heavy atom. The molecule has 0 radical (unpaired) electrons. The quantitative estimate of drug-likeness (QED) is 0.287. The molecule has 4 fully saturated rings. The van der Waals surface area contributed by atoms with Crippen molar-refractivity contribution in [2.45, 2.75) is 151 Å². The molecule has 0 nitrogen and oxygen atoms in total. The molecule has 0 aromatic carbocycles. The first kappa shape index (κ1) is 26.1. The minimum atomic E-state index is 0.665. The lowest BCUT2D eigenvalue weighted by molar-refractivity contribution is -0.121. The van der Waals surface area contributed by atoms with Crippen LogP contribution in [0.4, 0.5) is 0 Å². The average Bonchev–Trinajstić information content (AvgIpc) is 3.14. The zero-order valence-corrected chi connectivity index (χ0v) is 23.6. The smallest absolute Gasteiger partial charge is 0.0264 e. The minimum Gasteiger partial charge on any atom is -0.0654 e. The highest BCUT2D eigenvalue weighted by molar-refractivity contribution is 5.09. The molecule has 33 heavy (non-hydrogen) atoms. The fourth-order valence-electron chi connectivity index (χ4n) is 10.5. The van der Waals surface area contributed by atoms with Crippen LogP contribution in [0.15, 0.2) is 0 Å². The highest BCUT2D eigenvalue weighted by Gasteiger charge is 2.60. The molecule has 4 aliphatic carbocycles. The largest absolute Gasteiger partial charge is 0.0654 e. The predicted molar refractivity (Wildman–Crippen MR) is 145 cm³/mol. The standard InChI is InChI=1S/C33H60/c1-7-8-9-10-14-26-19-21-32(5)27(23-26)15-16-28-30-18-17-29(25(4)13-11-12-24(2)3)33(30,6)22-20-31(28)32/h24-31H,7-23H2,1-6H3/t25-,26+,27+,28+,29?,30+,31?,32?,33?/m1/s1. The summed E-state index contributed by atoms with van der Waals surface area (Å²) in [4.78, 5) is 0. The molecule has 4 saturated carbocycles. The van der Waals surface area contributed by atoms with Crippen LogP contribution in [0.1, 0.15) is 151 Å². The minimum absolute atomic E-state index is 0.665. The van der Waals surface area contributed by atoms with Gasteiger partial charge in [0.25, 0.3) is 0 Å². The first-order valence-electron chi connectivity index (χ1n) is 15.8. The second kappa shape index (κ2) is 10.9. The molecule has 0 aromatic heterocycles. The molecule has 192 valence electrons. The van der Waals surface area contributed by atoms with E-state index in [4.69, 9.17) is 0 Å². The van der Waals surface area contributed by atoms with E-state index in [0.29, 0.717) is 10.8 Å². The molecule has 0 spiro atoms. The van der Waals surface area contributed by atoms with Crippen molar-refractivity contribution in [1.82, 2.24) is 0 Å². The van der Waals surface area contributed by atoms with Crippen LogP contribution in [-0.2, 0) is 0 Å². The maximum absolute atomic E-state index is 2.78. The zero-order valence-electron chi connectivity index (χ0n) is 23.6. The number of unbranched alkanes of at least 4 members (excludes halogenated alkanes) is 3. The zero-order chi connectivity index (χ0) is 23.6. The summed E-state index contributed by atoms with van der Waals surface area (Å²) in [6.45, 7) is 15.3. The van der Waals surface area contributed by atoms with E-state index in [9.17, 15) is 0 Å². The molecule has 0 heterocycles. The van der Waals surface area contributed by atoms with E-state index in [1.807, 2.05) is 0 Å². The third-order valence-electron chi connectivity index (χ3n) is 12.4. The van der Waals surface area contributed by atoms with Crippen molar-refractivity contribution in [3.63, 3.8) is 0 Å². The van der Waals surface area contributed by atoms with Gasteiger partial charge in [0.2, 0.25) is 0 Å². The van der Waals surface area contributed by atoms with E-state index in [2.05, 4.69) is 41.5 Å². The third-order valence-corrected chi connectivity index (χ3v) is 12.4. The van der Waals surface area contributed by atoms with Crippen molar-refractivity contribution in [3.05, 3.63) is 0 Å². The van der Waals surface area contributed by atoms with Gasteiger partial charge in [-0.25, -0.2) is 0 Å². The van der Waals surface area contributed by atoms with Gasteiger partial charge in [0.05, 0.1) is 0 Å². The van der Waals surface area contributed by atoms with Crippen molar-refractivity contribution < 1.29 is 0 Å². The van der Waals surface area contributed by atoms with Gasteiger partial charge in [0.1, 0.15) is 0 Å². The number of rotatable bonds is 10. The van der Waals surface area contributed by atoms with Crippen molar-refractivity contribution in [1.29, 1.82) is 0 Å². The Hall–Kier alpha value is 0. The Morgan fingerprint density at radius 3 is 2.24 bits per heavy atom. The first-order valence-corrected chi connectivity index (χ1v) is 15.8. The van der Waals surface area contributed by atoms with E-state index in [0.717, 1.165) is 47.3 Å². The van der Waals surface area contributed by atoms with Crippen LogP contribution in [0.3, 0.4) is 0 Å². The fourth-order valence-corrected chi connectivity index (χ4v) is 10.5. The molecule has 0 aliphatic heterocycles. The van der Waals surface area contributed by atoms with Crippen LogP contribution < -0.4 is 0 Å². The lowest BCUT2D eigenvalue weighted by Gasteiger charge is -2.61. The van der Waals surface area contributed by atoms with Crippen molar-refractivity contribution in [2.75, 3.05) is 0 Å². The van der Waals surface area contributed by atoms with Crippen molar-refractivity contribution >= 4 is 0 Å². The van der Waals surface area contributed by atoms with E-state index in [1.165, 1.54) is 51.4 Å². The molecular formula is C33H60. The molecule has 4 rings (SSSR count). The Balaban J connectivity index is 1.36. The van der Waals surface area contributed by atoms with Gasteiger partial charge >= 0.3 is 0 Å². The van der Waals surface area contributed by atoms with Gasteiger partial charge in [0.15, 0.2) is 0 Å². The third kappa shape index (κ3) is 5.26. The van der Waals surface area contributed by atoms with Gasteiger partial charge in [-0.15, -0.1) is 0 Å². The van der Waals surface area contributed by atoms with E-state index in [1.54, 1.807) is 57.8 Å². The lowest BCUT2D eigenvalue weighted by Crippen LogP contribution is -2.53. The van der Waals surface area contributed by atoms with E-state index >= 15 is 0 Å². The summed E-state index contributed by atoms with van der Waals surface area (Å²) in [5.41, 5.74) is 1.35. The average molecular weight is 457 g/mol. The van der Waals surface area contributed by atoms with Gasteiger partial charge < -0.3 is 0 Å². The summed E-state index contributed by atoms with van der Waals surface area (Å²) in [7, 11) is 0. The number of hydrogen-bond donors (Lipinski definition) is 0. The second-order valence-electron chi connectivity index (χ2n) is 14.7. The SMILES string of the molecule is CCCCCC[C@H]1CCC2(C)C3CCC4(C)C([C@H](C)CCCC(C)C)CC[C@H]4[C@@H]3CC[C@H]2C1. The van der Waals surface area contributed by atoms with Crippen LogP contribution >= 0.6 is 0 Å². The predicted octanol–water partition coefficient (Wildman–Crippen LogP) is 10.7. The molecule has 4 unspecified atom stereocenters. The molecule has 0 N–H and O–H groups in total. The summed E-state index contributed by atoms with van der Waals surface area (Å²) >= 11 is 0. The van der Waals surface area contributed by atoms with Crippen molar-refractivity contribution in [3.8, 4) is 0 Å². The lowest BCUT2D eigenvalue weighted by atomic mass is 9.44. The number of fused-ring (bicyclic) bond motifs is 5. The maximum atomic E-state index is 2.78. The van der Waals surface area contributed by atoms with E-state index < -0.39 is 0 Å². The second-order valence-corrected chi connectivity index (χ2v) is 14.7. The molecule has 0 aromatic rings. The van der Waals surface area contributed by atoms with Crippen LogP contribution in [-0.4, -0.2) is 0 Å². The Kier molecular flexibility index (Phi) is 8.65. The monoisotopic (exact) mass is 456 g/mol. The van der Waals surface area contributed by atoms with Crippen LogP contribution in [0.5, 0.6) is 0 Å². The maximum Gasteiger partial charge on any atom is -0.0264 e. The van der Waals surface area contributed by atoms with Gasteiger partial charge in [-0.1, -0.05) is 92.9 Å². The summed E-state index contributed by atoms with van der Waals surface area (Å²) < 4.78 is 0. The normalized spacial score (nSPS) is 43.7. The highest BCUT2D eigenvalue weighted by atomic mass is 14.6. The molecule has 4 aliphatic rings. The molecule has 0 amide bonds. The summed E-state index contributed by atoms with van der Waals surface area (Å²) in [6.07, 6.45) is 25.8. The Morgan fingerprint density at radius 1 is 0.727 bits per heavy atom. The topological polar surface area (TPSA) is 0 Å². The summed E-state index contributed by atoms with van der Waals surface area (Å²) in [5, 5.41) is 0. The summed E-state index contributed by atoms with van der Waals surface area (Å²) in [5.74, 6) is 8.14. The molecule has 0 bridgehead atoms. The fraction of sp³-hybridized carbons (Fsp3) is 1.00. The number of hydrogen-bond acceptors (Lipinski definition) is 0. The van der Waals surface area contributed by atoms with Gasteiger partial charge in [-0.2, -0.15) is 0 Å². The Labute approximate surface area is 208 Å². The van der Waals surface area contributed by atoms with Crippen molar-refractivity contribution in [2.24, 2.45) is 58.2 Å². The molecule has 0 saturated heterocycles. The van der Waals surface area contributed by atoms with Gasteiger partial charge in [-0.3, -0.25) is 0 Å². The van der Waals surface area contributed by atoms with E-state index in [-0.39, 0.29) is 0 Å². The highest BCUT2D eigenvalue weighted by Crippen LogP contribution is 2.68. The Bertz CT molecular complexity index is 605. The summed E-state index contributed by atoms with van der Waals surface area (Å²) in [6, 6.07) is 0. The van der Waals surface area contributed by atoms with Crippen LogP contribution in [0.2, 0.25) is 0 Å². The van der Waals surface area contributed by atoms with Gasteiger partial charge in [0, 0.05) is 0 Å². The van der Waals surface area contributed by atoms with Gasteiger partial charge in [-0.05, 0) is 116 Å². The molecule has 9 atom stereocenters. The van der Waals surface area contributed by atoms with Crippen LogP contribution in [0, 0.1) is 58.2 Å².